The molecule has 0 bridgehead atoms. The Morgan fingerprint density at radius 2 is 1.68 bits per heavy atom. The lowest BCUT2D eigenvalue weighted by Crippen LogP contribution is -2.15. The number of nitrogens with zero attached hydrogens (tertiary/aromatic N) is 2. The maximum Gasteiger partial charge on any atom is 0.263 e. The van der Waals surface area contributed by atoms with Crippen molar-refractivity contribution < 1.29 is 13.2 Å². The minimum absolute atomic E-state index is 0.136. The number of nitrogens with one attached hydrogen (secondary N) is 2. The summed E-state index contributed by atoms with van der Waals surface area (Å²) in [6, 6.07) is 9.49. The second kappa shape index (κ2) is 8.66. The van der Waals surface area contributed by atoms with E-state index in [0.717, 1.165) is 13.0 Å². The van der Waals surface area contributed by atoms with Crippen LogP contribution in [0.15, 0.2) is 41.3 Å². The Kier molecular flexibility index (Phi) is 6.58. The molecule has 0 fully saturated rings. The number of aromatic nitrogens is 2. The lowest BCUT2D eigenvalue weighted by atomic mass is 10.1. The van der Waals surface area contributed by atoms with Crippen molar-refractivity contribution in [3.05, 3.63) is 36.4 Å². The summed E-state index contributed by atoms with van der Waals surface area (Å²) in [5, 5.41) is 11.0. The Balaban J connectivity index is 2.00. The van der Waals surface area contributed by atoms with Gasteiger partial charge in [-0.3, -0.25) is 4.72 Å². The lowest BCUT2D eigenvalue weighted by Gasteiger charge is -2.09. The molecule has 0 atom stereocenters. The molecule has 136 valence electrons. The van der Waals surface area contributed by atoms with E-state index in [1.54, 1.807) is 24.3 Å². The minimum atomic E-state index is -3.71. The summed E-state index contributed by atoms with van der Waals surface area (Å²) in [6.07, 6.45) is 1.02. The van der Waals surface area contributed by atoms with Crippen molar-refractivity contribution in [2.45, 2.75) is 32.1 Å². The summed E-state index contributed by atoms with van der Waals surface area (Å²) in [6.45, 7) is 7.48. The molecule has 8 heteroatoms. The van der Waals surface area contributed by atoms with Crippen molar-refractivity contribution in [2.75, 3.05) is 23.2 Å². The van der Waals surface area contributed by atoms with Gasteiger partial charge in [-0.05, 0) is 55.7 Å². The van der Waals surface area contributed by atoms with Crippen LogP contribution in [-0.2, 0) is 10.0 Å². The van der Waals surface area contributed by atoms with Gasteiger partial charge in [-0.25, -0.2) is 8.42 Å². The number of hydrogen-bond donors (Lipinski definition) is 2. The number of benzene rings is 1. The first-order chi connectivity index (χ1) is 11.9. The molecule has 2 rings (SSSR count). The quantitative estimate of drug-likeness (QED) is 0.710. The molecule has 0 saturated heterocycles. The standard InChI is InChI=1S/C17H24N4O3S/c1-4-24-14-5-7-15(8-6-14)25(22,23)21-17-10-9-16(19-20-17)18-12-11-13(2)3/h5-10,13H,4,11-12H2,1-3H3,(H,18,19)(H,20,21). The molecule has 0 saturated carbocycles. The van der Waals surface area contributed by atoms with Crippen molar-refractivity contribution in [3.63, 3.8) is 0 Å². The van der Waals surface area contributed by atoms with Gasteiger partial charge in [0.2, 0.25) is 0 Å². The van der Waals surface area contributed by atoms with Gasteiger partial charge in [-0.15, -0.1) is 10.2 Å². The third-order valence-corrected chi connectivity index (χ3v) is 4.75. The van der Waals surface area contributed by atoms with E-state index in [9.17, 15) is 8.42 Å². The zero-order valence-electron chi connectivity index (χ0n) is 14.7. The highest BCUT2D eigenvalue weighted by Crippen LogP contribution is 2.18. The smallest absolute Gasteiger partial charge is 0.263 e. The highest BCUT2D eigenvalue weighted by atomic mass is 32.2. The molecule has 1 aromatic carbocycles. The fraction of sp³-hybridized carbons (Fsp3) is 0.412. The predicted octanol–water partition coefficient (Wildman–Crippen LogP) is 3.13. The van der Waals surface area contributed by atoms with Gasteiger partial charge in [-0.2, -0.15) is 0 Å². The van der Waals surface area contributed by atoms with Gasteiger partial charge in [0, 0.05) is 6.54 Å². The van der Waals surface area contributed by atoms with Crippen LogP contribution >= 0.6 is 0 Å². The summed E-state index contributed by atoms with van der Waals surface area (Å²) in [7, 11) is -3.71. The SMILES string of the molecule is CCOc1ccc(S(=O)(=O)Nc2ccc(NCCC(C)C)nn2)cc1. The third-order valence-electron chi connectivity index (χ3n) is 3.38. The summed E-state index contributed by atoms with van der Waals surface area (Å²) in [4.78, 5) is 0.136. The molecule has 7 nitrogen and oxygen atoms in total. The zero-order chi connectivity index (χ0) is 18.3. The van der Waals surface area contributed by atoms with Crippen molar-refractivity contribution in [2.24, 2.45) is 5.92 Å². The van der Waals surface area contributed by atoms with Crippen molar-refractivity contribution in [3.8, 4) is 5.75 Å². The first-order valence-corrected chi connectivity index (χ1v) is 9.72. The summed E-state index contributed by atoms with van der Waals surface area (Å²) in [5.74, 6) is 2.01. The van der Waals surface area contributed by atoms with Crippen LogP contribution in [0.25, 0.3) is 0 Å². The monoisotopic (exact) mass is 364 g/mol. The molecule has 0 aliphatic rings. The van der Waals surface area contributed by atoms with Gasteiger partial charge < -0.3 is 10.1 Å². The van der Waals surface area contributed by atoms with Crippen LogP contribution in [0.3, 0.4) is 0 Å². The molecule has 2 N–H and O–H groups in total. The van der Waals surface area contributed by atoms with Crippen LogP contribution in [0.2, 0.25) is 0 Å². The van der Waals surface area contributed by atoms with E-state index in [1.165, 1.54) is 12.1 Å². The van der Waals surface area contributed by atoms with Gasteiger partial charge in [-0.1, -0.05) is 13.8 Å². The first-order valence-electron chi connectivity index (χ1n) is 8.24. The van der Waals surface area contributed by atoms with Crippen molar-refractivity contribution in [1.82, 2.24) is 10.2 Å². The second-order valence-corrected chi connectivity index (χ2v) is 7.61. The molecular weight excluding hydrogens is 340 g/mol. The zero-order valence-corrected chi connectivity index (χ0v) is 15.5. The normalized spacial score (nSPS) is 11.4. The van der Waals surface area contributed by atoms with E-state index in [2.05, 4.69) is 34.1 Å². The molecule has 0 spiro atoms. The third kappa shape index (κ3) is 5.90. The molecule has 2 aromatic rings. The van der Waals surface area contributed by atoms with Crippen LogP contribution in [0.5, 0.6) is 5.75 Å². The molecule has 0 amide bonds. The van der Waals surface area contributed by atoms with E-state index in [4.69, 9.17) is 4.74 Å². The predicted molar refractivity (Wildman–Crippen MR) is 98.4 cm³/mol. The highest BCUT2D eigenvalue weighted by molar-refractivity contribution is 7.92. The largest absolute Gasteiger partial charge is 0.494 e. The minimum Gasteiger partial charge on any atom is -0.494 e. The maximum atomic E-state index is 12.4. The average molecular weight is 364 g/mol. The van der Waals surface area contributed by atoms with Gasteiger partial charge >= 0.3 is 0 Å². The molecule has 1 heterocycles. The van der Waals surface area contributed by atoms with E-state index in [-0.39, 0.29) is 10.7 Å². The second-order valence-electron chi connectivity index (χ2n) is 5.92. The highest BCUT2D eigenvalue weighted by Gasteiger charge is 2.15. The van der Waals surface area contributed by atoms with Crippen molar-refractivity contribution in [1.29, 1.82) is 0 Å². The average Bonchev–Trinajstić information content (AvgIpc) is 2.57. The summed E-state index contributed by atoms with van der Waals surface area (Å²) in [5.41, 5.74) is 0. The van der Waals surface area contributed by atoms with Gasteiger partial charge in [0.15, 0.2) is 5.82 Å². The molecule has 0 aliphatic carbocycles. The van der Waals surface area contributed by atoms with Gasteiger partial charge in [0.1, 0.15) is 11.6 Å². The van der Waals surface area contributed by atoms with E-state index < -0.39 is 10.0 Å². The van der Waals surface area contributed by atoms with Gasteiger partial charge in [0.25, 0.3) is 10.0 Å². The fourth-order valence-electron chi connectivity index (χ4n) is 2.05. The van der Waals surface area contributed by atoms with Crippen LogP contribution < -0.4 is 14.8 Å². The van der Waals surface area contributed by atoms with Crippen molar-refractivity contribution >= 4 is 21.7 Å². The molecule has 0 unspecified atom stereocenters. The van der Waals surface area contributed by atoms with Crippen LogP contribution in [0.4, 0.5) is 11.6 Å². The first kappa shape index (κ1) is 19.0. The number of hydrogen-bond acceptors (Lipinski definition) is 6. The maximum absolute atomic E-state index is 12.4. The lowest BCUT2D eigenvalue weighted by molar-refractivity contribution is 0.340. The Hall–Kier alpha value is -2.35. The Labute approximate surface area is 148 Å². The fourth-order valence-corrected chi connectivity index (χ4v) is 3.04. The van der Waals surface area contributed by atoms with Gasteiger partial charge in [0.05, 0.1) is 11.5 Å². The summed E-state index contributed by atoms with van der Waals surface area (Å²) >= 11 is 0. The topological polar surface area (TPSA) is 93.2 Å². The van der Waals surface area contributed by atoms with E-state index >= 15 is 0 Å². The Bertz CT molecular complexity index is 759. The van der Waals surface area contributed by atoms with Crippen LogP contribution in [0.1, 0.15) is 27.2 Å². The molecule has 1 aromatic heterocycles. The van der Waals surface area contributed by atoms with Crippen LogP contribution in [0, 0.1) is 5.92 Å². The number of anilines is 2. The molecular formula is C17H24N4O3S. The number of sulfonamides is 1. The Morgan fingerprint density at radius 1 is 1.04 bits per heavy atom. The molecule has 0 radical (unpaired) electrons. The summed E-state index contributed by atoms with van der Waals surface area (Å²) < 4.78 is 32.5. The Morgan fingerprint density at radius 3 is 2.24 bits per heavy atom. The van der Waals surface area contributed by atoms with E-state index in [1.807, 2.05) is 6.92 Å². The molecule has 25 heavy (non-hydrogen) atoms. The van der Waals surface area contributed by atoms with E-state index in [0.29, 0.717) is 24.1 Å². The molecule has 0 aliphatic heterocycles. The number of rotatable bonds is 9. The number of ether oxygens (including phenoxy) is 1. The van der Waals surface area contributed by atoms with Crippen LogP contribution in [-0.4, -0.2) is 31.8 Å².